The smallest absolute Gasteiger partial charge is 0.430 e. The van der Waals surface area contributed by atoms with E-state index >= 15 is 0 Å². The molecule has 0 saturated carbocycles. The largest absolute Gasteiger partial charge is 0.481 e. The fraction of sp³-hybridized carbons (Fsp3) is 0.394. The van der Waals surface area contributed by atoms with Crippen molar-refractivity contribution in [2.24, 2.45) is 5.92 Å². The van der Waals surface area contributed by atoms with Crippen molar-refractivity contribution >= 4 is 21.8 Å². The second-order valence-corrected chi connectivity index (χ2v) is 14.6. The minimum atomic E-state index is -6.25. The molecule has 0 aromatic heterocycles. The number of amides is 2. The Morgan fingerprint density at radius 2 is 1.43 bits per heavy atom. The lowest BCUT2D eigenvalue weighted by Gasteiger charge is -2.38. The Morgan fingerprint density at radius 3 is 1.98 bits per heavy atom. The zero-order valence-electron chi connectivity index (χ0n) is 26.3. The molecule has 18 heteroatoms. The van der Waals surface area contributed by atoms with Gasteiger partial charge in [0.05, 0.1) is 11.5 Å². The Hall–Kier alpha value is -4.32. The number of sulfone groups is 1. The van der Waals surface area contributed by atoms with E-state index in [0.717, 1.165) is 35.2 Å². The summed E-state index contributed by atoms with van der Waals surface area (Å²) in [5.41, 5.74) is -8.21. The number of carbonyl (C=O) groups is 2. The number of aliphatic carboxylic acids is 1. The predicted molar refractivity (Wildman–Crippen MR) is 160 cm³/mol. The first-order valence-electron chi connectivity index (χ1n) is 15.3. The van der Waals surface area contributed by atoms with Gasteiger partial charge in [-0.2, -0.15) is 26.3 Å². The van der Waals surface area contributed by atoms with Gasteiger partial charge in [0.15, 0.2) is 9.84 Å². The van der Waals surface area contributed by atoms with Gasteiger partial charge in [0.2, 0.25) is 0 Å². The van der Waals surface area contributed by atoms with Crippen molar-refractivity contribution in [3.05, 3.63) is 101 Å². The van der Waals surface area contributed by atoms with Crippen LogP contribution in [0.2, 0.25) is 0 Å². The summed E-state index contributed by atoms with van der Waals surface area (Å²) in [4.78, 5) is 26.7. The highest BCUT2D eigenvalue weighted by atomic mass is 32.2. The molecule has 276 valence electrons. The highest BCUT2D eigenvalue weighted by Gasteiger charge is 2.73. The second kappa shape index (κ2) is 13.7. The van der Waals surface area contributed by atoms with E-state index in [4.69, 9.17) is 5.11 Å². The zero-order valence-corrected chi connectivity index (χ0v) is 27.1. The van der Waals surface area contributed by atoms with Crippen LogP contribution in [-0.2, 0) is 36.3 Å². The topological polar surface area (TPSA) is 104 Å². The third-order valence-electron chi connectivity index (χ3n) is 9.27. The predicted octanol–water partition coefficient (Wildman–Crippen LogP) is 6.93. The van der Waals surface area contributed by atoms with Crippen LogP contribution in [0.4, 0.5) is 44.3 Å². The number of alkyl halides is 6. The van der Waals surface area contributed by atoms with Crippen molar-refractivity contribution in [2.75, 3.05) is 26.2 Å². The Labute approximate surface area is 285 Å². The molecule has 2 aliphatic heterocycles. The van der Waals surface area contributed by atoms with Gasteiger partial charge in [-0.25, -0.2) is 26.4 Å². The number of urea groups is 1. The van der Waals surface area contributed by atoms with Crippen LogP contribution in [0, 0.1) is 23.4 Å². The molecule has 2 aliphatic rings. The third-order valence-corrected chi connectivity index (χ3v) is 11.8. The molecule has 2 fully saturated rings. The molecule has 1 N–H and O–H groups in total. The van der Waals surface area contributed by atoms with E-state index in [-0.39, 0.29) is 44.0 Å². The van der Waals surface area contributed by atoms with Crippen LogP contribution in [0.1, 0.15) is 36.0 Å². The van der Waals surface area contributed by atoms with E-state index in [9.17, 15) is 57.5 Å². The standard InChI is InChI=1S/C33H29F9N2O6S/c34-23-8-10-24(11-9-23)51(48,49)30(13-15-44(19-30)29(47)43-14-12-20(17-43)16-28(45)46)21-4-6-22(7-5-21)31(32(37,38)39,33(40,41)42)50-18-25-26(35)2-1-3-27(25)36/h1-11,20H,12-19H2,(H,45,46). The molecular weight excluding hydrogens is 723 g/mol. The van der Waals surface area contributed by atoms with E-state index in [1.165, 1.54) is 4.90 Å². The van der Waals surface area contributed by atoms with E-state index in [0.29, 0.717) is 42.8 Å². The molecule has 0 radical (unpaired) electrons. The summed E-state index contributed by atoms with van der Waals surface area (Å²) >= 11 is 0. The molecule has 2 unspecified atom stereocenters. The summed E-state index contributed by atoms with van der Waals surface area (Å²) in [6.07, 6.45) is -12.7. The monoisotopic (exact) mass is 752 g/mol. The van der Waals surface area contributed by atoms with Gasteiger partial charge in [-0.3, -0.25) is 4.79 Å². The fourth-order valence-electron chi connectivity index (χ4n) is 6.61. The van der Waals surface area contributed by atoms with Gasteiger partial charge in [-0.15, -0.1) is 0 Å². The van der Waals surface area contributed by atoms with Crippen molar-refractivity contribution in [1.29, 1.82) is 0 Å². The maximum Gasteiger partial charge on any atom is 0.430 e. The molecule has 2 atom stereocenters. The van der Waals surface area contributed by atoms with E-state index in [1.807, 2.05) is 0 Å². The number of rotatable bonds is 9. The maximum absolute atomic E-state index is 14.5. The first-order chi connectivity index (χ1) is 23.7. The number of carboxylic acids is 1. The normalized spacial score (nSPS) is 20.2. The minimum Gasteiger partial charge on any atom is -0.481 e. The van der Waals surface area contributed by atoms with Gasteiger partial charge in [-0.1, -0.05) is 30.3 Å². The van der Waals surface area contributed by atoms with Crippen LogP contribution >= 0.6 is 0 Å². The van der Waals surface area contributed by atoms with Gasteiger partial charge < -0.3 is 19.6 Å². The van der Waals surface area contributed by atoms with E-state index < -0.39 is 91.2 Å². The summed E-state index contributed by atoms with van der Waals surface area (Å²) in [5, 5.41) is 9.12. The van der Waals surface area contributed by atoms with Crippen molar-refractivity contribution in [3.8, 4) is 0 Å². The molecule has 2 amide bonds. The number of carbonyl (C=O) groups excluding carboxylic acids is 1. The van der Waals surface area contributed by atoms with Gasteiger partial charge in [0.1, 0.15) is 22.2 Å². The molecule has 8 nitrogen and oxygen atoms in total. The lowest BCUT2D eigenvalue weighted by atomic mass is 9.88. The molecule has 3 aromatic carbocycles. The number of nitrogens with zero attached hydrogens (tertiary/aromatic N) is 2. The number of hydrogen-bond donors (Lipinski definition) is 1. The number of ether oxygens (including phenoxy) is 1. The summed E-state index contributed by atoms with van der Waals surface area (Å²) in [6, 6.07) is 7.07. The number of carboxylic acid groups (broad SMARTS) is 1. The Bertz CT molecular complexity index is 1850. The average molecular weight is 753 g/mol. The number of likely N-dealkylation sites (tertiary alicyclic amines) is 2. The quantitative estimate of drug-likeness (QED) is 0.188. The molecule has 51 heavy (non-hydrogen) atoms. The van der Waals surface area contributed by atoms with Gasteiger partial charge in [0.25, 0.3) is 5.60 Å². The summed E-state index contributed by atoms with van der Waals surface area (Å²) in [6.45, 7) is -2.41. The molecule has 2 saturated heterocycles. The van der Waals surface area contributed by atoms with Gasteiger partial charge in [0, 0.05) is 43.7 Å². The summed E-state index contributed by atoms with van der Waals surface area (Å²) in [7, 11) is -4.66. The first kappa shape index (κ1) is 37.9. The molecule has 5 rings (SSSR count). The van der Waals surface area contributed by atoms with Crippen LogP contribution in [0.15, 0.2) is 71.6 Å². The van der Waals surface area contributed by atoms with Crippen molar-refractivity contribution in [2.45, 2.75) is 53.5 Å². The molecule has 0 spiro atoms. The van der Waals surface area contributed by atoms with Crippen molar-refractivity contribution in [3.63, 3.8) is 0 Å². The molecule has 0 aliphatic carbocycles. The molecule has 2 heterocycles. The fourth-order valence-corrected chi connectivity index (χ4v) is 8.69. The molecule has 3 aromatic rings. The average Bonchev–Trinajstić information content (AvgIpc) is 3.70. The molecule has 0 bridgehead atoms. The SMILES string of the molecule is O=C(O)CC1CCN(C(=O)N2CCC(c3ccc(C(OCc4c(F)cccc4F)(C(F)(F)F)C(F)(F)F)cc3)(S(=O)(=O)c3ccc(F)cc3)C2)C1. The number of halogens is 9. The van der Waals surface area contributed by atoms with Crippen LogP contribution in [-0.4, -0.2) is 73.9 Å². The second-order valence-electron chi connectivity index (χ2n) is 12.3. The Kier molecular flexibility index (Phi) is 10.2. The highest BCUT2D eigenvalue weighted by molar-refractivity contribution is 7.92. The maximum atomic E-state index is 14.5. The minimum absolute atomic E-state index is 0.0573. The number of hydrogen-bond acceptors (Lipinski definition) is 5. The third kappa shape index (κ3) is 6.86. The Balaban J connectivity index is 1.56. The lowest BCUT2D eigenvalue weighted by Crippen LogP contribution is -2.56. The van der Waals surface area contributed by atoms with E-state index in [2.05, 4.69) is 4.74 Å². The van der Waals surface area contributed by atoms with Crippen LogP contribution in [0.5, 0.6) is 0 Å². The van der Waals surface area contributed by atoms with Gasteiger partial charge in [-0.05, 0) is 60.7 Å². The summed E-state index contributed by atoms with van der Waals surface area (Å²) < 4.78 is 160. The zero-order chi connectivity index (χ0) is 37.6. The highest BCUT2D eigenvalue weighted by Crippen LogP contribution is 2.54. The van der Waals surface area contributed by atoms with E-state index in [1.54, 1.807) is 0 Å². The van der Waals surface area contributed by atoms with Crippen molar-refractivity contribution < 1.29 is 67.4 Å². The number of benzene rings is 3. The lowest BCUT2D eigenvalue weighted by molar-refractivity contribution is -0.392. The molecular formula is C33H29F9N2O6S. The van der Waals surface area contributed by atoms with Gasteiger partial charge >= 0.3 is 24.4 Å². The van der Waals surface area contributed by atoms with Crippen LogP contribution in [0.3, 0.4) is 0 Å². The summed E-state index contributed by atoms with van der Waals surface area (Å²) in [5.74, 6) is -5.15. The first-order valence-corrected chi connectivity index (χ1v) is 16.8. The van der Waals surface area contributed by atoms with Crippen molar-refractivity contribution in [1.82, 2.24) is 9.80 Å². The van der Waals surface area contributed by atoms with Crippen LogP contribution < -0.4 is 0 Å². The van der Waals surface area contributed by atoms with Crippen LogP contribution in [0.25, 0.3) is 0 Å². The Morgan fingerprint density at radius 1 is 0.843 bits per heavy atom.